The van der Waals surface area contributed by atoms with Crippen molar-refractivity contribution in [2.75, 3.05) is 6.61 Å². The molecule has 0 saturated heterocycles. The van der Waals surface area contributed by atoms with Gasteiger partial charge in [0.15, 0.2) is 0 Å². The number of ether oxygens (including phenoxy) is 1. The van der Waals surface area contributed by atoms with Gasteiger partial charge in [0.25, 0.3) is 11.8 Å². The molecule has 2 unspecified atom stereocenters. The molecular weight excluding hydrogens is 742 g/mol. The number of carbonyl (C=O) groups excluding carboxylic acids is 2. The van der Waals surface area contributed by atoms with Gasteiger partial charge < -0.3 is 4.74 Å². The Morgan fingerprint density at radius 1 is 0.569 bits per heavy atom. The molecule has 0 aliphatic carbocycles. The lowest BCUT2D eigenvalue weighted by atomic mass is 9.90. The number of hydrogen-bond donors (Lipinski definition) is 4. The van der Waals surface area contributed by atoms with Crippen LogP contribution in [-0.2, 0) is 15.8 Å². The van der Waals surface area contributed by atoms with Crippen LogP contribution < -0.4 is 15.7 Å². The molecule has 7 nitrogen and oxygen atoms in total. The zero-order valence-electron chi connectivity index (χ0n) is 31.3. The number of halogens is 3. The zero-order chi connectivity index (χ0) is 41.3. The number of amides is 2. The molecule has 0 aliphatic heterocycles. The number of rotatable bonds is 9. The first-order chi connectivity index (χ1) is 28.1. The standard InChI is InChI=1S/C25H23NO3.C23H16F3NO2/c1-2-17-29-23-15-13-19(14-16-23)11-12-20-7-6-10-22(18-20)24(25(27)26-28)21-8-4-3-5-9-21;24-23(25,26)20-12-5-4-8-17(20)14-13-16-7-6-11-19(15-16)21(22(28)27-29)18-9-2-1-3-10-18/h3-10,13-16,18,24,28H,2,17H2,1H3,(H,26,27);1-12,15,21,29H,(H,27,28). The van der Waals surface area contributed by atoms with Gasteiger partial charge in [0.05, 0.1) is 24.0 Å². The van der Waals surface area contributed by atoms with Crippen molar-refractivity contribution in [1.29, 1.82) is 0 Å². The van der Waals surface area contributed by atoms with Crippen molar-refractivity contribution in [1.82, 2.24) is 11.0 Å². The van der Waals surface area contributed by atoms with Crippen molar-refractivity contribution in [3.63, 3.8) is 0 Å². The van der Waals surface area contributed by atoms with E-state index in [9.17, 15) is 28.0 Å². The molecule has 0 spiro atoms. The highest BCUT2D eigenvalue weighted by Crippen LogP contribution is 2.32. The van der Waals surface area contributed by atoms with E-state index in [1.54, 1.807) is 65.6 Å². The van der Waals surface area contributed by atoms with Gasteiger partial charge in [0, 0.05) is 22.3 Å². The smallest absolute Gasteiger partial charge is 0.417 e. The van der Waals surface area contributed by atoms with E-state index >= 15 is 0 Å². The minimum atomic E-state index is -4.50. The van der Waals surface area contributed by atoms with Gasteiger partial charge >= 0.3 is 6.18 Å². The van der Waals surface area contributed by atoms with E-state index in [2.05, 4.69) is 30.6 Å². The average molecular weight is 781 g/mol. The number of hydrogen-bond acceptors (Lipinski definition) is 5. The first-order valence-corrected chi connectivity index (χ1v) is 18.2. The van der Waals surface area contributed by atoms with Gasteiger partial charge in [-0.3, -0.25) is 20.0 Å². The molecule has 6 rings (SSSR count). The second-order valence-electron chi connectivity index (χ2n) is 12.8. The highest BCUT2D eigenvalue weighted by molar-refractivity contribution is 5.87. The third kappa shape index (κ3) is 11.7. The van der Waals surface area contributed by atoms with Crippen LogP contribution in [0.5, 0.6) is 5.75 Å². The Morgan fingerprint density at radius 3 is 1.50 bits per heavy atom. The monoisotopic (exact) mass is 780 g/mol. The Labute approximate surface area is 335 Å². The Hall–Kier alpha value is -7.11. The fraction of sp³-hybridized carbons (Fsp3) is 0.125. The van der Waals surface area contributed by atoms with Crippen LogP contribution in [0, 0.1) is 23.7 Å². The number of hydroxylamine groups is 2. The van der Waals surface area contributed by atoms with E-state index < -0.39 is 35.4 Å². The Kier molecular flexibility index (Phi) is 15.0. The molecule has 10 heteroatoms. The van der Waals surface area contributed by atoms with Crippen molar-refractivity contribution >= 4 is 11.8 Å². The zero-order valence-corrected chi connectivity index (χ0v) is 31.3. The van der Waals surface area contributed by atoms with Gasteiger partial charge in [-0.05, 0) is 89.3 Å². The molecule has 0 bridgehead atoms. The van der Waals surface area contributed by atoms with Crippen LogP contribution >= 0.6 is 0 Å². The van der Waals surface area contributed by atoms with Gasteiger partial charge in [-0.25, -0.2) is 11.0 Å². The van der Waals surface area contributed by atoms with Gasteiger partial charge in [-0.2, -0.15) is 13.2 Å². The summed E-state index contributed by atoms with van der Waals surface area (Å²) in [5.74, 6) is 9.91. The lowest BCUT2D eigenvalue weighted by Gasteiger charge is -2.16. The van der Waals surface area contributed by atoms with Crippen molar-refractivity contribution in [3.8, 4) is 29.4 Å². The Morgan fingerprint density at radius 2 is 1.02 bits per heavy atom. The summed E-state index contributed by atoms with van der Waals surface area (Å²) in [6.07, 6.45) is -3.53. The highest BCUT2D eigenvalue weighted by Gasteiger charge is 2.32. The van der Waals surface area contributed by atoms with Crippen LogP contribution in [0.15, 0.2) is 158 Å². The molecule has 0 fully saturated rings. The third-order valence-corrected chi connectivity index (χ3v) is 8.70. The summed E-state index contributed by atoms with van der Waals surface area (Å²) in [4.78, 5) is 24.5. The van der Waals surface area contributed by atoms with Crippen LogP contribution in [0.2, 0.25) is 0 Å². The van der Waals surface area contributed by atoms with Crippen LogP contribution in [0.4, 0.5) is 13.2 Å². The summed E-state index contributed by atoms with van der Waals surface area (Å²) in [7, 11) is 0. The molecule has 6 aromatic rings. The van der Waals surface area contributed by atoms with E-state index in [4.69, 9.17) is 9.94 Å². The summed E-state index contributed by atoms with van der Waals surface area (Å²) >= 11 is 0. The summed E-state index contributed by atoms with van der Waals surface area (Å²) in [6, 6.07) is 45.1. The summed E-state index contributed by atoms with van der Waals surface area (Å²) in [5.41, 5.74) is 7.41. The molecule has 58 heavy (non-hydrogen) atoms. The molecule has 2 amide bonds. The second kappa shape index (κ2) is 20.7. The van der Waals surface area contributed by atoms with E-state index in [0.717, 1.165) is 40.5 Å². The molecule has 0 radical (unpaired) electrons. The fourth-order valence-electron chi connectivity index (χ4n) is 5.98. The molecular formula is C48H39F3N2O5. The lowest BCUT2D eigenvalue weighted by molar-refractivity contribution is -0.137. The predicted molar refractivity (Wildman–Crippen MR) is 215 cm³/mol. The first kappa shape index (κ1) is 42.0. The topological polar surface area (TPSA) is 108 Å². The maximum atomic E-state index is 13.1. The van der Waals surface area contributed by atoms with Gasteiger partial charge in [-0.1, -0.05) is 128 Å². The maximum Gasteiger partial charge on any atom is 0.417 e. The van der Waals surface area contributed by atoms with Gasteiger partial charge in [0.1, 0.15) is 5.75 Å². The quantitative estimate of drug-likeness (QED) is 0.0665. The van der Waals surface area contributed by atoms with Crippen molar-refractivity contribution in [2.45, 2.75) is 31.4 Å². The molecule has 2 atom stereocenters. The van der Waals surface area contributed by atoms with Crippen LogP contribution in [0.1, 0.15) is 75.3 Å². The number of alkyl halides is 3. The predicted octanol–water partition coefficient (Wildman–Crippen LogP) is 9.25. The van der Waals surface area contributed by atoms with E-state index in [0.29, 0.717) is 23.3 Å². The first-order valence-electron chi connectivity index (χ1n) is 18.2. The largest absolute Gasteiger partial charge is 0.494 e. The molecule has 292 valence electrons. The fourth-order valence-corrected chi connectivity index (χ4v) is 5.98. The van der Waals surface area contributed by atoms with Crippen molar-refractivity contribution in [3.05, 3.63) is 208 Å². The lowest BCUT2D eigenvalue weighted by Crippen LogP contribution is -2.27. The van der Waals surface area contributed by atoms with Crippen LogP contribution in [0.3, 0.4) is 0 Å². The number of carbonyl (C=O) groups is 2. The summed E-state index contributed by atoms with van der Waals surface area (Å²) < 4.78 is 45.0. The molecule has 4 N–H and O–H groups in total. The van der Waals surface area contributed by atoms with E-state index in [-0.39, 0.29) is 5.56 Å². The van der Waals surface area contributed by atoms with E-state index in [1.165, 1.54) is 18.2 Å². The molecule has 6 aromatic carbocycles. The molecule has 0 aromatic heterocycles. The molecule has 0 aliphatic rings. The number of benzene rings is 6. The van der Waals surface area contributed by atoms with Gasteiger partial charge in [0.2, 0.25) is 0 Å². The van der Waals surface area contributed by atoms with Crippen molar-refractivity contribution < 1.29 is 37.9 Å². The maximum absolute atomic E-state index is 13.1. The molecule has 0 heterocycles. The minimum absolute atomic E-state index is 0.127. The molecule has 0 saturated carbocycles. The Balaban J connectivity index is 0.000000221. The summed E-state index contributed by atoms with van der Waals surface area (Å²) in [6.45, 7) is 2.77. The average Bonchev–Trinajstić information content (AvgIpc) is 3.25. The van der Waals surface area contributed by atoms with Crippen LogP contribution in [0.25, 0.3) is 0 Å². The second-order valence-corrected chi connectivity index (χ2v) is 12.8. The Bertz CT molecular complexity index is 2410. The normalized spacial score (nSPS) is 11.5. The third-order valence-electron chi connectivity index (χ3n) is 8.70. The van der Waals surface area contributed by atoms with E-state index in [1.807, 2.05) is 78.9 Å². The highest BCUT2D eigenvalue weighted by atomic mass is 19.4. The summed E-state index contributed by atoms with van der Waals surface area (Å²) in [5, 5.41) is 18.3. The SMILES string of the molecule is CCCOc1ccc(C#Cc2cccc(C(C(=O)NO)c3ccccc3)c2)cc1.O=C(NO)C(c1ccccc1)c1cccc(C#Cc2ccccc2C(F)(F)F)c1. The van der Waals surface area contributed by atoms with Crippen molar-refractivity contribution in [2.24, 2.45) is 0 Å². The van der Waals surface area contributed by atoms with Crippen LogP contribution in [-0.4, -0.2) is 28.8 Å². The number of nitrogens with one attached hydrogen (secondary N) is 2. The van der Waals surface area contributed by atoms with Gasteiger partial charge in [-0.15, -0.1) is 0 Å². The minimum Gasteiger partial charge on any atom is -0.494 e.